The molecule has 0 aromatic carbocycles. The number of urea groups is 1. The molecule has 6 N–H and O–H groups in total. The highest BCUT2D eigenvalue weighted by Crippen LogP contribution is 2.44. The molecule has 0 fully saturated rings. The molecular formula is C15H18N6O3S. The van der Waals surface area contributed by atoms with Crippen molar-refractivity contribution < 1.29 is 14.4 Å². The van der Waals surface area contributed by atoms with Gasteiger partial charge in [-0.25, -0.2) is 4.79 Å². The molecular weight excluding hydrogens is 344 g/mol. The zero-order valence-electron chi connectivity index (χ0n) is 13.6. The predicted molar refractivity (Wildman–Crippen MR) is 93.4 cm³/mol. The second-order valence-electron chi connectivity index (χ2n) is 5.58. The third-order valence-corrected chi connectivity index (χ3v) is 5.14. The van der Waals surface area contributed by atoms with Gasteiger partial charge in [0.1, 0.15) is 11.5 Å². The fourth-order valence-electron chi connectivity index (χ4n) is 3.01. The van der Waals surface area contributed by atoms with Gasteiger partial charge in [0.25, 0.3) is 5.91 Å². The van der Waals surface area contributed by atoms with Gasteiger partial charge in [-0.05, 0) is 25.3 Å². The first-order valence-corrected chi connectivity index (χ1v) is 8.57. The normalized spacial score (nSPS) is 12.2. The SMILES string of the molecule is CCNC(=O)Cn1ncc2c1CCc1c-2sc(NC(N)=O)c1C(N)=O. The van der Waals surface area contributed by atoms with E-state index in [1.807, 2.05) is 6.92 Å². The van der Waals surface area contributed by atoms with Gasteiger partial charge in [0, 0.05) is 22.7 Å². The molecule has 3 rings (SSSR count). The van der Waals surface area contributed by atoms with E-state index in [-0.39, 0.29) is 12.5 Å². The number of fused-ring (bicyclic) bond motifs is 3. The molecule has 2 heterocycles. The Morgan fingerprint density at radius 3 is 2.72 bits per heavy atom. The summed E-state index contributed by atoms with van der Waals surface area (Å²) in [5, 5.41) is 9.84. The van der Waals surface area contributed by atoms with E-state index in [0.29, 0.717) is 30.0 Å². The molecule has 0 atom stereocenters. The summed E-state index contributed by atoms with van der Waals surface area (Å²) in [6.07, 6.45) is 2.86. The van der Waals surface area contributed by atoms with E-state index in [1.54, 1.807) is 10.9 Å². The maximum Gasteiger partial charge on any atom is 0.317 e. The van der Waals surface area contributed by atoms with E-state index >= 15 is 0 Å². The number of carbonyl (C=O) groups is 3. The quantitative estimate of drug-likeness (QED) is 0.611. The van der Waals surface area contributed by atoms with Crippen LogP contribution < -0.4 is 22.1 Å². The van der Waals surface area contributed by atoms with Crippen molar-refractivity contribution in [3.8, 4) is 10.4 Å². The topological polar surface area (TPSA) is 145 Å². The fourth-order valence-corrected chi connectivity index (χ4v) is 4.30. The largest absolute Gasteiger partial charge is 0.365 e. The van der Waals surface area contributed by atoms with Crippen molar-refractivity contribution in [3.63, 3.8) is 0 Å². The summed E-state index contributed by atoms with van der Waals surface area (Å²) >= 11 is 1.24. The van der Waals surface area contributed by atoms with Gasteiger partial charge < -0.3 is 16.8 Å². The average Bonchev–Trinajstić information content (AvgIpc) is 3.07. The Bertz CT molecular complexity index is 869. The zero-order chi connectivity index (χ0) is 18.1. The molecule has 1 aliphatic carbocycles. The maximum atomic E-state index is 11.8. The van der Waals surface area contributed by atoms with Crippen LogP contribution in [0, 0.1) is 0 Å². The maximum absolute atomic E-state index is 11.8. The summed E-state index contributed by atoms with van der Waals surface area (Å²) in [7, 11) is 0. The molecule has 9 nitrogen and oxygen atoms in total. The molecule has 0 aliphatic heterocycles. The average molecular weight is 362 g/mol. The van der Waals surface area contributed by atoms with Crippen LogP contribution in [-0.4, -0.2) is 34.2 Å². The lowest BCUT2D eigenvalue weighted by Gasteiger charge is -2.15. The first-order chi connectivity index (χ1) is 11.9. The standard InChI is InChI=1S/C15H18N6O3S/c1-2-18-10(22)6-21-9-4-3-7-11(13(16)23)14(20-15(17)24)25-12(7)8(9)5-19-21/h5H,2-4,6H2,1H3,(H2,16,23)(H,18,22)(H3,17,20,24). The highest BCUT2D eigenvalue weighted by atomic mass is 32.1. The van der Waals surface area contributed by atoms with E-state index in [2.05, 4.69) is 15.7 Å². The molecule has 2 aromatic heterocycles. The van der Waals surface area contributed by atoms with Gasteiger partial charge in [0.15, 0.2) is 0 Å². The van der Waals surface area contributed by atoms with E-state index in [4.69, 9.17) is 11.5 Å². The van der Waals surface area contributed by atoms with Gasteiger partial charge >= 0.3 is 6.03 Å². The molecule has 132 valence electrons. The van der Waals surface area contributed by atoms with E-state index < -0.39 is 11.9 Å². The predicted octanol–water partition coefficient (Wildman–Crippen LogP) is 0.436. The number of likely N-dealkylation sites (N-methyl/N-ethyl adjacent to an activating group) is 1. The lowest BCUT2D eigenvalue weighted by molar-refractivity contribution is -0.121. The second kappa shape index (κ2) is 6.55. The number of aromatic nitrogens is 2. The van der Waals surface area contributed by atoms with Crippen LogP contribution in [0.3, 0.4) is 0 Å². The minimum Gasteiger partial charge on any atom is -0.365 e. The second-order valence-corrected chi connectivity index (χ2v) is 6.60. The Kier molecular flexibility index (Phi) is 4.45. The lowest BCUT2D eigenvalue weighted by Crippen LogP contribution is -2.28. The molecule has 0 saturated heterocycles. The first kappa shape index (κ1) is 17.0. The van der Waals surface area contributed by atoms with Crippen LogP contribution in [-0.2, 0) is 24.2 Å². The molecule has 0 bridgehead atoms. The number of nitrogens with one attached hydrogen (secondary N) is 2. The monoisotopic (exact) mass is 362 g/mol. The Balaban J connectivity index is 2.02. The van der Waals surface area contributed by atoms with Gasteiger partial charge in [0.05, 0.1) is 11.8 Å². The number of hydrogen-bond donors (Lipinski definition) is 4. The minimum atomic E-state index is -0.756. The number of thiophene rings is 1. The van der Waals surface area contributed by atoms with Crippen molar-refractivity contribution >= 4 is 34.2 Å². The van der Waals surface area contributed by atoms with Crippen LogP contribution in [0.15, 0.2) is 6.20 Å². The minimum absolute atomic E-state index is 0.112. The molecule has 25 heavy (non-hydrogen) atoms. The number of nitrogens with zero attached hydrogens (tertiary/aromatic N) is 2. The number of primary amides is 2. The van der Waals surface area contributed by atoms with E-state index in [1.165, 1.54) is 11.3 Å². The number of nitrogens with two attached hydrogens (primary N) is 2. The Morgan fingerprint density at radius 2 is 2.08 bits per heavy atom. The number of hydrogen-bond acceptors (Lipinski definition) is 5. The Morgan fingerprint density at radius 1 is 1.32 bits per heavy atom. The smallest absolute Gasteiger partial charge is 0.317 e. The third-order valence-electron chi connectivity index (χ3n) is 3.96. The fraction of sp³-hybridized carbons (Fsp3) is 0.333. The Labute approximate surface area is 147 Å². The van der Waals surface area contributed by atoms with Crippen molar-refractivity contribution in [2.75, 3.05) is 11.9 Å². The zero-order valence-corrected chi connectivity index (χ0v) is 14.4. The third kappa shape index (κ3) is 3.07. The van der Waals surface area contributed by atoms with Crippen molar-refractivity contribution in [1.82, 2.24) is 15.1 Å². The molecule has 0 spiro atoms. The summed E-state index contributed by atoms with van der Waals surface area (Å²) < 4.78 is 1.66. The first-order valence-electron chi connectivity index (χ1n) is 7.76. The number of amides is 4. The van der Waals surface area contributed by atoms with Gasteiger partial charge in [-0.3, -0.25) is 19.6 Å². The van der Waals surface area contributed by atoms with Crippen molar-refractivity contribution in [2.24, 2.45) is 11.5 Å². The summed E-state index contributed by atoms with van der Waals surface area (Å²) in [5.74, 6) is -0.723. The van der Waals surface area contributed by atoms with E-state index in [9.17, 15) is 14.4 Å². The van der Waals surface area contributed by atoms with Crippen LogP contribution in [0.1, 0.15) is 28.5 Å². The lowest BCUT2D eigenvalue weighted by atomic mass is 9.93. The van der Waals surface area contributed by atoms with Crippen molar-refractivity contribution in [3.05, 3.63) is 23.0 Å². The highest BCUT2D eigenvalue weighted by molar-refractivity contribution is 7.20. The van der Waals surface area contributed by atoms with E-state index in [0.717, 1.165) is 21.7 Å². The molecule has 10 heteroatoms. The van der Waals surface area contributed by atoms with Crippen LogP contribution in [0.4, 0.5) is 9.80 Å². The van der Waals surface area contributed by atoms with Crippen molar-refractivity contribution in [1.29, 1.82) is 0 Å². The summed E-state index contributed by atoms with van der Waals surface area (Å²) in [6.45, 7) is 2.55. The summed E-state index contributed by atoms with van der Waals surface area (Å²) in [5.41, 5.74) is 13.5. The molecule has 0 unspecified atom stereocenters. The van der Waals surface area contributed by atoms with Crippen LogP contribution in [0.2, 0.25) is 0 Å². The van der Waals surface area contributed by atoms with Gasteiger partial charge in [0.2, 0.25) is 5.91 Å². The van der Waals surface area contributed by atoms with Gasteiger partial charge in [-0.2, -0.15) is 5.10 Å². The summed E-state index contributed by atoms with van der Waals surface area (Å²) in [4.78, 5) is 35.7. The molecule has 1 aliphatic rings. The Hall–Kier alpha value is -2.88. The van der Waals surface area contributed by atoms with Crippen molar-refractivity contribution in [2.45, 2.75) is 26.3 Å². The van der Waals surface area contributed by atoms with Crippen LogP contribution in [0.25, 0.3) is 10.4 Å². The molecule has 0 radical (unpaired) electrons. The molecule has 4 amide bonds. The van der Waals surface area contributed by atoms with Crippen LogP contribution >= 0.6 is 11.3 Å². The number of anilines is 1. The highest BCUT2D eigenvalue weighted by Gasteiger charge is 2.30. The molecule has 0 saturated carbocycles. The molecule has 2 aromatic rings. The number of carbonyl (C=O) groups excluding carboxylic acids is 3. The summed E-state index contributed by atoms with van der Waals surface area (Å²) in [6, 6.07) is -0.756. The number of rotatable bonds is 5. The van der Waals surface area contributed by atoms with Crippen LogP contribution in [0.5, 0.6) is 0 Å². The van der Waals surface area contributed by atoms with Gasteiger partial charge in [-0.1, -0.05) is 0 Å². The van der Waals surface area contributed by atoms with Gasteiger partial charge in [-0.15, -0.1) is 11.3 Å².